The first-order valence-corrected chi connectivity index (χ1v) is 12.8. The number of hydrogen-bond donors (Lipinski definition) is 2. The van der Waals surface area contributed by atoms with E-state index in [2.05, 4.69) is 24.1 Å². The molecule has 1 aliphatic heterocycles. The van der Waals surface area contributed by atoms with Crippen molar-refractivity contribution in [2.24, 2.45) is 11.8 Å². The first-order valence-electron chi connectivity index (χ1n) is 12.8. The molecule has 0 radical (unpaired) electrons. The number of nitrogens with one attached hydrogen (secondary N) is 1. The first-order chi connectivity index (χ1) is 15.5. The number of amides is 2. The Morgan fingerprint density at radius 3 is 2.15 bits per heavy atom. The van der Waals surface area contributed by atoms with Crippen LogP contribution in [0.2, 0.25) is 0 Å². The number of hydrogen-bond acceptors (Lipinski definition) is 4. The fourth-order valence-electron chi connectivity index (χ4n) is 5.40. The minimum absolute atomic E-state index is 0.0425. The largest absolute Gasteiger partial charge is 0.478 e. The van der Waals surface area contributed by atoms with Crippen molar-refractivity contribution in [3.05, 3.63) is 11.6 Å². The van der Waals surface area contributed by atoms with Crippen molar-refractivity contribution >= 4 is 17.8 Å². The van der Waals surface area contributed by atoms with Crippen LogP contribution < -0.4 is 5.32 Å². The van der Waals surface area contributed by atoms with Crippen LogP contribution in [0.5, 0.6) is 0 Å². The van der Waals surface area contributed by atoms with Gasteiger partial charge in [0.25, 0.3) is 0 Å². The lowest BCUT2D eigenvalue weighted by Crippen LogP contribution is -2.59. The summed E-state index contributed by atoms with van der Waals surface area (Å²) >= 11 is 0. The summed E-state index contributed by atoms with van der Waals surface area (Å²) in [5.41, 5.74) is 0.224. The lowest BCUT2D eigenvalue weighted by Gasteiger charge is -2.40. The van der Waals surface area contributed by atoms with E-state index in [1.165, 1.54) is 6.42 Å². The normalized spacial score (nSPS) is 22.8. The highest BCUT2D eigenvalue weighted by Gasteiger charge is 2.38. The fourth-order valence-corrected chi connectivity index (χ4v) is 5.40. The van der Waals surface area contributed by atoms with Crippen molar-refractivity contribution in [2.75, 3.05) is 13.6 Å². The third-order valence-electron chi connectivity index (χ3n) is 7.43. The van der Waals surface area contributed by atoms with Crippen LogP contribution in [0.15, 0.2) is 11.6 Å². The van der Waals surface area contributed by atoms with E-state index < -0.39 is 12.0 Å². The third-order valence-corrected chi connectivity index (χ3v) is 7.43. The van der Waals surface area contributed by atoms with Crippen molar-refractivity contribution < 1.29 is 19.5 Å². The third kappa shape index (κ3) is 7.29. The Kier molecular flexibility index (Phi) is 10.4. The summed E-state index contributed by atoms with van der Waals surface area (Å²) in [5.74, 6) is -0.976. The average molecular weight is 464 g/mol. The second kappa shape index (κ2) is 12.5. The number of aliphatic carboxylic acids is 1. The molecule has 1 heterocycles. The van der Waals surface area contributed by atoms with Gasteiger partial charge in [0, 0.05) is 18.7 Å². The highest BCUT2D eigenvalue weighted by atomic mass is 16.4. The second-order valence-corrected chi connectivity index (χ2v) is 10.6. The number of rotatable bonds is 9. The molecule has 33 heavy (non-hydrogen) atoms. The molecule has 188 valence electrons. The van der Waals surface area contributed by atoms with E-state index in [4.69, 9.17) is 0 Å². The second-order valence-electron chi connectivity index (χ2n) is 10.6. The summed E-state index contributed by atoms with van der Waals surface area (Å²) in [6, 6.07) is -0.836. The standard InChI is InChI=1S/C26H45N3O4/c1-17(2)22(16-19(5)26(32)33)28(6)25(31)23(20-12-8-7-9-13-20)27-24(30)21-14-10-11-15-29(21)18(3)4/h16-18,20-23H,7-15H2,1-6H3,(H,27,30)(H,32,33)/b19-16+/t21?,22-,23-/m1/s1. The minimum atomic E-state index is -0.982. The number of likely N-dealkylation sites (N-methyl/N-ethyl adjacent to an activating group) is 1. The molecule has 7 heteroatoms. The molecule has 2 rings (SSSR count). The van der Waals surface area contributed by atoms with Gasteiger partial charge in [-0.25, -0.2) is 4.79 Å². The Morgan fingerprint density at radius 1 is 1.00 bits per heavy atom. The molecule has 0 aromatic carbocycles. The zero-order chi connectivity index (χ0) is 24.7. The molecular weight excluding hydrogens is 418 g/mol. The summed E-state index contributed by atoms with van der Waals surface area (Å²) < 4.78 is 0. The topological polar surface area (TPSA) is 90.0 Å². The molecule has 2 N–H and O–H groups in total. The van der Waals surface area contributed by atoms with Gasteiger partial charge in [-0.3, -0.25) is 14.5 Å². The number of likely N-dealkylation sites (tertiary alicyclic amines) is 1. The van der Waals surface area contributed by atoms with Gasteiger partial charge in [0.1, 0.15) is 6.04 Å². The van der Waals surface area contributed by atoms with E-state index >= 15 is 0 Å². The van der Waals surface area contributed by atoms with E-state index in [0.717, 1.165) is 51.5 Å². The fraction of sp³-hybridized carbons (Fsp3) is 0.808. The Morgan fingerprint density at radius 2 is 1.61 bits per heavy atom. The molecule has 2 aliphatic rings. The first kappa shape index (κ1) is 27.4. The number of carboxylic acid groups (broad SMARTS) is 1. The maximum Gasteiger partial charge on any atom is 0.331 e. The number of carbonyl (C=O) groups excluding carboxylic acids is 2. The van der Waals surface area contributed by atoms with Crippen LogP contribution in [0, 0.1) is 11.8 Å². The lowest BCUT2D eigenvalue weighted by molar-refractivity contribution is -0.141. The molecule has 1 unspecified atom stereocenters. The zero-order valence-corrected chi connectivity index (χ0v) is 21.5. The maximum atomic E-state index is 13.8. The van der Waals surface area contributed by atoms with Gasteiger partial charge in [0.15, 0.2) is 0 Å². The molecule has 0 spiro atoms. The number of carbonyl (C=O) groups is 3. The molecule has 0 aromatic rings. The molecule has 2 amide bonds. The predicted molar refractivity (Wildman–Crippen MR) is 131 cm³/mol. The van der Waals surface area contributed by atoms with Gasteiger partial charge in [-0.05, 0) is 64.8 Å². The molecular formula is C26H45N3O4. The number of piperidine rings is 1. The Hall–Kier alpha value is -1.89. The summed E-state index contributed by atoms with van der Waals surface area (Å²) in [4.78, 5) is 42.6. The molecule has 0 aromatic heterocycles. The number of carboxylic acids is 1. The van der Waals surface area contributed by atoms with Gasteiger partial charge >= 0.3 is 5.97 Å². The average Bonchev–Trinajstić information content (AvgIpc) is 2.79. The van der Waals surface area contributed by atoms with Gasteiger partial charge in [-0.15, -0.1) is 0 Å². The highest BCUT2D eigenvalue weighted by Crippen LogP contribution is 2.29. The smallest absolute Gasteiger partial charge is 0.331 e. The van der Waals surface area contributed by atoms with Crippen molar-refractivity contribution in [1.29, 1.82) is 0 Å². The van der Waals surface area contributed by atoms with Gasteiger partial charge < -0.3 is 15.3 Å². The highest BCUT2D eigenvalue weighted by molar-refractivity contribution is 5.90. The molecule has 7 nitrogen and oxygen atoms in total. The van der Waals surface area contributed by atoms with Crippen molar-refractivity contribution in [2.45, 2.75) is 110 Å². The number of nitrogens with zero attached hydrogens (tertiary/aromatic N) is 2. The van der Waals surface area contributed by atoms with Crippen LogP contribution in [0.3, 0.4) is 0 Å². The van der Waals surface area contributed by atoms with E-state index in [9.17, 15) is 19.5 Å². The van der Waals surface area contributed by atoms with Crippen LogP contribution >= 0.6 is 0 Å². The van der Waals surface area contributed by atoms with Crippen LogP contribution in [-0.4, -0.2) is 70.4 Å². The van der Waals surface area contributed by atoms with Crippen LogP contribution in [0.4, 0.5) is 0 Å². The molecule has 1 aliphatic carbocycles. The minimum Gasteiger partial charge on any atom is -0.478 e. The summed E-state index contributed by atoms with van der Waals surface area (Å²) in [6.07, 6.45) is 9.77. The summed E-state index contributed by atoms with van der Waals surface area (Å²) in [5, 5.41) is 12.5. The van der Waals surface area contributed by atoms with E-state index in [1.807, 2.05) is 13.8 Å². The quantitative estimate of drug-likeness (QED) is 0.507. The predicted octanol–water partition coefficient (Wildman–Crippen LogP) is 3.83. The van der Waals surface area contributed by atoms with Crippen LogP contribution in [0.25, 0.3) is 0 Å². The Balaban J connectivity index is 2.28. The molecule has 2 fully saturated rings. The van der Waals surface area contributed by atoms with Crippen molar-refractivity contribution in [1.82, 2.24) is 15.1 Å². The van der Waals surface area contributed by atoms with Gasteiger partial charge in [0.05, 0.1) is 12.1 Å². The summed E-state index contributed by atoms with van der Waals surface area (Å²) in [7, 11) is 1.74. The van der Waals surface area contributed by atoms with Gasteiger partial charge in [-0.2, -0.15) is 0 Å². The van der Waals surface area contributed by atoms with Gasteiger partial charge in [-0.1, -0.05) is 45.6 Å². The zero-order valence-electron chi connectivity index (χ0n) is 21.5. The maximum absolute atomic E-state index is 13.8. The Labute approximate surface area is 200 Å². The lowest BCUT2D eigenvalue weighted by atomic mass is 9.82. The van der Waals surface area contributed by atoms with Crippen molar-refractivity contribution in [3.8, 4) is 0 Å². The SMILES string of the molecule is C/C(=C\[C@H](C(C)C)N(C)C(=O)[C@H](NC(=O)C1CCCCN1C(C)C)C1CCCCC1)C(=O)O. The monoisotopic (exact) mass is 463 g/mol. The van der Waals surface area contributed by atoms with E-state index in [0.29, 0.717) is 0 Å². The summed E-state index contributed by atoms with van der Waals surface area (Å²) in [6.45, 7) is 10.7. The molecule has 1 saturated heterocycles. The van der Waals surface area contributed by atoms with Crippen LogP contribution in [-0.2, 0) is 14.4 Å². The molecule has 1 saturated carbocycles. The van der Waals surface area contributed by atoms with Crippen LogP contribution in [0.1, 0.15) is 86.0 Å². The Bertz CT molecular complexity index is 712. The van der Waals surface area contributed by atoms with Gasteiger partial charge in [0.2, 0.25) is 11.8 Å². The molecule has 0 bridgehead atoms. The van der Waals surface area contributed by atoms with Crippen molar-refractivity contribution in [3.63, 3.8) is 0 Å². The molecule has 3 atom stereocenters. The van der Waals surface area contributed by atoms with E-state index in [1.54, 1.807) is 24.9 Å². The van der Waals surface area contributed by atoms with E-state index in [-0.39, 0.29) is 47.3 Å².